The number of carbonyl (C=O) groups excluding carboxylic acids is 1. The van der Waals surface area contributed by atoms with Gasteiger partial charge < -0.3 is 10.3 Å². The first-order chi connectivity index (χ1) is 13.3. The fourth-order valence-electron chi connectivity index (χ4n) is 3.93. The van der Waals surface area contributed by atoms with E-state index in [1.807, 2.05) is 36.4 Å². The molecule has 2 aromatic heterocycles. The average Bonchev–Trinajstić information content (AvgIpc) is 3.34. The van der Waals surface area contributed by atoms with E-state index in [9.17, 15) is 4.79 Å². The molecule has 7 heteroatoms. The maximum Gasteiger partial charge on any atom is 0.251 e. The van der Waals surface area contributed by atoms with Gasteiger partial charge in [-0.1, -0.05) is 23.0 Å². The van der Waals surface area contributed by atoms with Gasteiger partial charge in [-0.05, 0) is 61.1 Å². The second-order valence-electron chi connectivity index (χ2n) is 7.13. The van der Waals surface area contributed by atoms with Crippen LogP contribution in [0.15, 0.2) is 42.5 Å². The Morgan fingerprint density at radius 3 is 3.00 bits per heavy atom. The Balaban J connectivity index is 1.31. The number of carbonyl (C=O) groups is 1. The van der Waals surface area contributed by atoms with Crippen LogP contribution in [0.1, 0.15) is 47.8 Å². The molecule has 1 amide bonds. The maximum absolute atomic E-state index is 12.7. The highest BCUT2D eigenvalue weighted by atomic mass is 32.1. The number of aromatic nitrogens is 4. The molecule has 2 atom stereocenters. The van der Waals surface area contributed by atoms with Crippen LogP contribution in [0.4, 0.5) is 0 Å². The number of hydrogen-bond donors (Lipinski definition) is 2. The summed E-state index contributed by atoms with van der Waals surface area (Å²) in [5.41, 5.74) is 3.49. The first-order valence-electron chi connectivity index (χ1n) is 9.24. The zero-order chi connectivity index (χ0) is 18.2. The van der Waals surface area contributed by atoms with Crippen molar-refractivity contribution in [2.45, 2.75) is 37.6 Å². The minimum atomic E-state index is -0.0415. The minimum Gasteiger partial charge on any atom is -0.349 e. The Morgan fingerprint density at radius 1 is 1.15 bits per heavy atom. The van der Waals surface area contributed by atoms with Gasteiger partial charge in [0, 0.05) is 17.5 Å². The fourth-order valence-corrected chi connectivity index (χ4v) is 4.47. The average molecular weight is 377 g/mol. The fraction of sp³-hybridized carbons (Fsp3) is 0.300. The Kier molecular flexibility index (Phi) is 4.09. The van der Waals surface area contributed by atoms with Crippen LogP contribution >= 0.6 is 11.5 Å². The molecular formula is C20H19N5OS. The van der Waals surface area contributed by atoms with Gasteiger partial charge in [0.05, 0.1) is 15.7 Å². The minimum absolute atomic E-state index is 0.0415. The SMILES string of the molecule is O=C(N[C@@H]1CCC[C@H](c2nc3ccccc3[nH]2)C1)c1ccc2snnc2c1. The Labute approximate surface area is 160 Å². The number of nitrogens with zero attached hydrogens (tertiary/aromatic N) is 3. The summed E-state index contributed by atoms with van der Waals surface area (Å²) in [7, 11) is 0. The highest BCUT2D eigenvalue weighted by Crippen LogP contribution is 2.32. The van der Waals surface area contributed by atoms with Crippen molar-refractivity contribution in [2.24, 2.45) is 0 Å². The Hall–Kier alpha value is -2.80. The van der Waals surface area contributed by atoms with Crippen LogP contribution in [0.5, 0.6) is 0 Å². The van der Waals surface area contributed by atoms with Crippen molar-refractivity contribution in [3.63, 3.8) is 0 Å². The third-order valence-electron chi connectivity index (χ3n) is 5.31. The van der Waals surface area contributed by atoms with E-state index in [1.165, 1.54) is 11.5 Å². The molecule has 0 saturated heterocycles. The summed E-state index contributed by atoms with van der Waals surface area (Å²) in [6.07, 6.45) is 4.10. The van der Waals surface area contributed by atoms with Crippen molar-refractivity contribution in [1.29, 1.82) is 0 Å². The van der Waals surface area contributed by atoms with Crippen molar-refractivity contribution in [3.8, 4) is 0 Å². The van der Waals surface area contributed by atoms with Gasteiger partial charge in [-0.2, -0.15) is 0 Å². The van der Waals surface area contributed by atoms with Crippen LogP contribution in [0, 0.1) is 0 Å². The molecule has 0 spiro atoms. The van der Waals surface area contributed by atoms with Crippen molar-refractivity contribution in [2.75, 3.05) is 0 Å². The van der Waals surface area contributed by atoms with Gasteiger partial charge in [0.1, 0.15) is 11.3 Å². The van der Waals surface area contributed by atoms with Crippen LogP contribution in [0.25, 0.3) is 21.3 Å². The number of benzene rings is 2. The van der Waals surface area contributed by atoms with Gasteiger partial charge in [0.15, 0.2) is 0 Å². The molecule has 1 saturated carbocycles. The predicted octanol–water partition coefficient (Wildman–Crippen LogP) is 4.02. The molecule has 0 unspecified atom stereocenters. The lowest BCUT2D eigenvalue weighted by Gasteiger charge is -2.28. The maximum atomic E-state index is 12.7. The zero-order valence-electron chi connectivity index (χ0n) is 14.7. The zero-order valence-corrected chi connectivity index (χ0v) is 15.5. The number of H-pyrrole nitrogens is 1. The summed E-state index contributed by atoms with van der Waals surface area (Å²) in [4.78, 5) is 20.9. The number of imidazole rings is 1. The molecule has 27 heavy (non-hydrogen) atoms. The van der Waals surface area contributed by atoms with E-state index in [0.717, 1.165) is 52.8 Å². The Bertz CT molecular complexity index is 1080. The molecule has 1 fully saturated rings. The van der Waals surface area contributed by atoms with E-state index >= 15 is 0 Å². The summed E-state index contributed by atoms with van der Waals surface area (Å²) in [6.45, 7) is 0. The van der Waals surface area contributed by atoms with Crippen LogP contribution in [0.2, 0.25) is 0 Å². The van der Waals surface area contributed by atoms with Gasteiger partial charge in [-0.3, -0.25) is 4.79 Å². The van der Waals surface area contributed by atoms with E-state index in [2.05, 4.69) is 26.0 Å². The monoisotopic (exact) mass is 377 g/mol. The third kappa shape index (κ3) is 3.19. The molecule has 5 rings (SSSR count). The molecule has 2 heterocycles. The first-order valence-corrected chi connectivity index (χ1v) is 10.0. The van der Waals surface area contributed by atoms with Crippen molar-refractivity contribution < 1.29 is 4.79 Å². The summed E-state index contributed by atoms with van der Waals surface area (Å²) in [5, 5.41) is 7.26. The number of aromatic amines is 1. The van der Waals surface area contributed by atoms with Crippen molar-refractivity contribution in [3.05, 3.63) is 53.9 Å². The van der Waals surface area contributed by atoms with E-state index in [0.29, 0.717) is 11.5 Å². The van der Waals surface area contributed by atoms with Crippen LogP contribution in [0.3, 0.4) is 0 Å². The number of rotatable bonds is 3. The lowest BCUT2D eigenvalue weighted by Crippen LogP contribution is -2.38. The van der Waals surface area contributed by atoms with Gasteiger partial charge >= 0.3 is 0 Å². The molecule has 2 aromatic carbocycles. The lowest BCUT2D eigenvalue weighted by atomic mass is 9.85. The third-order valence-corrected chi connectivity index (χ3v) is 6.02. The van der Waals surface area contributed by atoms with Crippen LogP contribution in [-0.2, 0) is 0 Å². The molecule has 0 aliphatic heterocycles. The molecule has 6 nitrogen and oxygen atoms in total. The molecule has 1 aliphatic rings. The van der Waals surface area contributed by atoms with Gasteiger partial charge in [0.25, 0.3) is 5.91 Å². The molecule has 2 N–H and O–H groups in total. The molecule has 0 bridgehead atoms. The van der Waals surface area contributed by atoms with E-state index < -0.39 is 0 Å². The summed E-state index contributed by atoms with van der Waals surface area (Å²) in [6, 6.07) is 13.8. The molecule has 0 radical (unpaired) electrons. The lowest BCUT2D eigenvalue weighted by molar-refractivity contribution is 0.0925. The highest BCUT2D eigenvalue weighted by Gasteiger charge is 2.26. The largest absolute Gasteiger partial charge is 0.349 e. The normalized spacial score (nSPS) is 20.1. The molecule has 1 aliphatic carbocycles. The topological polar surface area (TPSA) is 83.6 Å². The molecular weight excluding hydrogens is 358 g/mol. The number of fused-ring (bicyclic) bond motifs is 2. The second kappa shape index (κ2) is 6.74. The molecule has 136 valence electrons. The highest BCUT2D eigenvalue weighted by molar-refractivity contribution is 7.12. The number of para-hydroxylation sites is 2. The van der Waals surface area contributed by atoms with Gasteiger partial charge in [0.2, 0.25) is 0 Å². The summed E-state index contributed by atoms with van der Waals surface area (Å²) in [5.74, 6) is 1.34. The van der Waals surface area contributed by atoms with E-state index in [4.69, 9.17) is 4.98 Å². The number of amides is 1. The summed E-state index contributed by atoms with van der Waals surface area (Å²) >= 11 is 1.34. The van der Waals surface area contributed by atoms with E-state index in [1.54, 1.807) is 0 Å². The van der Waals surface area contributed by atoms with Crippen LogP contribution < -0.4 is 5.32 Å². The predicted molar refractivity (Wildman–Crippen MR) is 106 cm³/mol. The van der Waals surface area contributed by atoms with Crippen molar-refractivity contribution in [1.82, 2.24) is 24.9 Å². The quantitative estimate of drug-likeness (QED) is 0.565. The smallest absolute Gasteiger partial charge is 0.251 e. The van der Waals surface area contributed by atoms with Gasteiger partial charge in [-0.15, -0.1) is 5.10 Å². The number of hydrogen-bond acceptors (Lipinski definition) is 5. The Morgan fingerprint density at radius 2 is 2.07 bits per heavy atom. The van der Waals surface area contributed by atoms with Crippen molar-refractivity contribution >= 4 is 38.7 Å². The van der Waals surface area contributed by atoms with Gasteiger partial charge in [-0.25, -0.2) is 4.98 Å². The molecule has 4 aromatic rings. The van der Waals surface area contributed by atoms with Crippen LogP contribution in [-0.4, -0.2) is 31.5 Å². The first kappa shape index (κ1) is 16.4. The standard InChI is InChI=1S/C20H19N5OS/c26-20(13-8-9-18-17(11-13)24-25-27-18)21-14-5-3-4-12(10-14)19-22-15-6-1-2-7-16(15)23-19/h1-2,6-9,11-12,14H,3-5,10H2,(H,21,26)(H,22,23)/t12-,14+/m0/s1. The second-order valence-corrected chi connectivity index (χ2v) is 7.91. The summed E-state index contributed by atoms with van der Waals surface area (Å²) < 4.78 is 4.92. The number of nitrogens with one attached hydrogen (secondary N) is 2. The van der Waals surface area contributed by atoms with E-state index in [-0.39, 0.29) is 11.9 Å².